The van der Waals surface area contributed by atoms with Crippen LogP contribution in [0.1, 0.15) is 122 Å². The molecule has 512 valence electrons. The van der Waals surface area contributed by atoms with Gasteiger partial charge in [0.25, 0.3) is 11.8 Å². The van der Waals surface area contributed by atoms with E-state index in [0.717, 1.165) is 46.4 Å². The van der Waals surface area contributed by atoms with Crippen molar-refractivity contribution >= 4 is 92.2 Å². The largest absolute Gasteiger partial charge is 0.491 e. The van der Waals surface area contributed by atoms with Gasteiger partial charge in [0, 0.05) is 75.3 Å². The number of alkyl carbamates (subject to hydrolysis) is 1. The number of hydrogen-bond acceptors (Lipinski definition) is 22. The minimum atomic E-state index is -1.86. The van der Waals surface area contributed by atoms with Gasteiger partial charge in [0.05, 0.1) is 88.2 Å². The maximum absolute atomic E-state index is 14.4. The molecule has 4 aliphatic heterocycles. The first kappa shape index (κ1) is 74.3. The molecule has 5 aliphatic rings. The molecule has 8 atom stereocenters. The van der Waals surface area contributed by atoms with E-state index in [1.165, 1.54) is 45.5 Å². The van der Waals surface area contributed by atoms with Crippen molar-refractivity contribution in [2.75, 3.05) is 91.3 Å². The zero-order chi connectivity index (χ0) is 67.6. The second kappa shape index (κ2) is 34.5. The summed E-state index contributed by atoms with van der Waals surface area (Å²) in [6, 6.07) is 8.52. The molecule has 28 heteroatoms. The molecule has 2 aromatic carbocycles. The Kier molecular flexibility index (Phi) is 27.6. The fourth-order valence-corrected chi connectivity index (χ4v) is 13.9. The van der Waals surface area contributed by atoms with Gasteiger partial charge in [-0.15, -0.1) is 5.06 Å². The molecule has 4 bridgehead atoms. The topological polar surface area (TPSA) is 299 Å². The van der Waals surface area contributed by atoms with E-state index in [0.29, 0.717) is 86.4 Å². The van der Waals surface area contributed by atoms with Crippen molar-refractivity contribution in [3.8, 4) is 5.75 Å². The van der Waals surface area contributed by atoms with Gasteiger partial charge in [-0.05, 0) is 108 Å². The number of carbonyl (C=O) groups excluding carboxylic acids is 8. The summed E-state index contributed by atoms with van der Waals surface area (Å²) >= 11 is 6.86. The van der Waals surface area contributed by atoms with Crippen molar-refractivity contribution in [3.05, 3.63) is 81.4 Å². The summed E-state index contributed by atoms with van der Waals surface area (Å²) in [5.41, 5.74) is 5.47. The van der Waals surface area contributed by atoms with Crippen molar-refractivity contribution in [2.45, 2.75) is 166 Å². The van der Waals surface area contributed by atoms with Crippen LogP contribution < -0.4 is 20.4 Å². The number of esters is 1. The van der Waals surface area contributed by atoms with E-state index in [1.807, 2.05) is 64.1 Å². The quantitative estimate of drug-likeness (QED) is 0.0183. The molecular weight excluding hydrogens is 1270 g/mol. The van der Waals surface area contributed by atoms with E-state index in [-0.39, 0.29) is 70.0 Å². The van der Waals surface area contributed by atoms with E-state index in [2.05, 4.69) is 15.8 Å². The van der Waals surface area contributed by atoms with Crippen LogP contribution >= 0.6 is 33.2 Å². The van der Waals surface area contributed by atoms with Crippen LogP contribution in [0.5, 0.6) is 5.75 Å². The zero-order valence-electron chi connectivity index (χ0n) is 54.7. The number of carbonyl (C=O) groups is 8. The summed E-state index contributed by atoms with van der Waals surface area (Å²) in [7, 11) is 7.45. The second-order valence-corrected chi connectivity index (χ2v) is 28.0. The molecular formula is C65H89ClN6O19S2. The lowest BCUT2D eigenvalue weighted by Gasteiger charge is -2.42. The number of ether oxygens (including phenoxy) is 9. The number of rotatable bonds is 29. The Bertz CT molecular complexity index is 3100. The van der Waals surface area contributed by atoms with Gasteiger partial charge in [-0.1, -0.05) is 70.0 Å². The van der Waals surface area contributed by atoms with E-state index in [4.69, 9.17) is 59.1 Å². The monoisotopic (exact) mass is 1360 g/mol. The zero-order valence-corrected chi connectivity index (χ0v) is 57.1. The van der Waals surface area contributed by atoms with E-state index < -0.39 is 88.2 Å². The Labute approximate surface area is 556 Å². The van der Waals surface area contributed by atoms with Crippen LogP contribution in [0.25, 0.3) is 0 Å². The molecule has 1 aliphatic carbocycles. The molecule has 4 heterocycles. The Balaban J connectivity index is 0.815. The van der Waals surface area contributed by atoms with Crippen LogP contribution in [0.2, 0.25) is 5.02 Å². The number of benzene rings is 2. The van der Waals surface area contributed by atoms with Gasteiger partial charge < -0.3 is 62.4 Å². The number of nitrogens with one attached hydrogen (secondary N) is 2. The fourth-order valence-electron chi connectivity index (χ4n) is 11.1. The molecule has 2 aromatic rings. The number of hydrogen-bond donors (Lipinski definition) is 3. The van der Waals surface area contributed by atoms with Crippen LogP contribution in [0.4, 0.5) is 10.5 Å². The van der Waals surface area contributed by atoms with Gasteiger partial charge in [0.15, 0.2) is 5.72 Å². The van der Waals surface area contributed by atoms with Gasteiger partial charge >= 0.3 is 18.0 Å². The van der Waals surface area contributed by atoms with Gasteiger partial charge in [0.1, 0.15) is 42.3 Å². The number of halogens is 1. The molecule has 0 aromatic heterocycles. The molecule has 0 unspecified atom stereocenters. The molecule has 0 spiro atoms. The fraction of sp³-hybridized carbons (Fsp3) is 0.615. The Hall–Kier alpha value is -6.14. The number of aryl methyl sites for hydroxylation is 2. The number of methoxy groups -OCH3 is 1. The van der Waals surface area contributed by atoms with Crippen LogP contribution in [-0.4, -0.2) is 201 Å². The molecule has 25 nitrogen and oxygen atoms in total. The minimum Gasteiger partial charge on any atom is -0.491 e. The number of allylic oxidation sites excluding steroid dienone is 3. The third-order valence-electron chi connectivity index (χ3n) is 16.6. The van der Waals surface area contributed by atoms with E-state index in [9.17, 15) is 43.5 Å². The van der Waals surface area contributed by atoms with Crippen LogP contribution in [0, 0.1) is 12.8 Å². The summed E-state index contributed by atoms with van der Waals surface area (Å²) in [6.07, 6.45) is 3.35. The first-order valence-corrected chi connectivity index (χ1v) is 34.0. The van der Waals surface area contributed by atoms with Gasteiger partial charge in [0.2, 0.25) is 17.7 Å². The number of fused-ring (bicyclic) bond motifs is 6. The molecule has 7 rings (SSSR count). The number of anilines is 1. The van der Waals surface area contributed by atoms with Crippen molar-refractivity contribution < 1.29 is 90.9 Å². The SMILES string of the molecule is CO[C@@H]1/C=C/C=C(\C)Cc2cc(C)c(Cl)c(c2)N(C)C(=O)C[C@H](OC(=O)[C@H](C)N(C)C(=O)CCSSC(C)(C)CC(=O)N/N=C2\CCCc3cc(OCCOCCOCCOCCOCCC(=O)ON4C(=O)CCC4=O)ccc32)[C@]2(C)O[C@H]2[C@H](C)[C@@H]2C[C@@]1(O)NC(=O)O2. The van der Waals surface area contributed by atoms with Crippen molar-refractivity contribution in [1.82, 2.24) is 20.7 Å². The average molecular weight is 1360 g/mol. The van der Waals surface area contributed by atoms with Gasteiger partial charge in [-0.3, -0.25) is 29.3 Å². The van der Waals surface area contributed by atoms with Crippen LogP contribution in [-0.2, 0) is 89.1 Å². The lowest BCUT2D eigenvalue weighted by Crippen LogP contribution is -2.63. The standard InChI is InChI=1S/C65H89ClN6O19S2/c1-40-13-11-16-51(82-10)65(81)38-50(88-62(80)67-65)42(3)60-64(7,90-60)52(37-57(77)71(9)49-35-44(33-40)34-41(2)59(49)66)89-61(79)43(4)70(8)54(74)22-32-92-93-63(5,6)39-53(73)69-68-48-15-12-14-45-36-46(17-18-47(45)48)87-31-30-86-29-28-85-27-26-84-25-24-83-23-21-58(78)91-72-55(75)19-20-56(72)76/h11,13,16-18,34-36,42-43,50-52,60,81H,12,14-15,19-33,37-39H2,1-10H3,(H,67,80)(H,69,73)/b16-11+,40-13+,68-48+/t42-,43+,50+,51-,52+,60+,64+,65+/m1/s1. The van der Waals surface area contributed by atoms with E-state index >= 15 is 0 Å². The van der Waals surface area contributed by atoms with Crippen LogP contribution in [0.3, 0.4) is 0 Å². The summed E-state index contributed by atoms with van der Waals surface area (Å²) in [4.78, 5) is 111. The number of likely N-dealkylation sites (N-methyl/N-ethyl adjacent to an activating group) is 1. The summed E-state index contributed by atoms with van der Waals surface area (Å²) in [5, 5.41) is 19.9. The molecule has 0 saturated carbocycles. The third-order valence-corrected chi connectivity index (χ3v) is 20.4. The Morgan fingerprint density at radius 2 is 1.59 bits per heavy atom. The number of nitrogens with zero attached hydrogens (tertiary/aromatic N) is 4. The smallest absolute Gasteiger partial charge is 0.409 e. The number of amides is 6. The summed E-state index contributed by atoms with van der Waals surface area (Å²) in [6.45, 7) is 15.5. The summed E-state index contributed by atoms with van der Waals surface area (Å²) in [5.74, 6) is -3.06. The molecule has 0 radical (unpaired) electrons. The van der Waals surface area contributed by atoms with Crippen molar-refractivity contribution in [3.63, 3.8) is 0 Å². The van der Waals surface area contributed by atoms with Crippen LogP contribution in [0.15, 0.2) is 59.2 Å². The maximum atomic E-state index is 14.4. The normalized spacial score (nSPS) is 25.0. The highest BCUT2D eigenvalue weighted by Crippen LogP contribution is 2.49. The third kappa shape index (κ3) is 21.2. The molecule has 3 saturated heterocycles. The number of hydrazone groups is 1. The number of imide groups is 1. The lowest BCUT2D eigenvalue weighted by atomic mass is 9.83. The highest BCUT2D eigenvalue weighted by molar-refractivity contribution is 8.77. The second-order valence-electron chi connectivity index (χ2n) is 24.5. The summed E-state index contributed by atoms with van der Waals surface area (Å²) < 4.78 is 51.4. The minimum absolute atomic E-state index is 0.0338. The first-order valence-electron chi connectivity index (χ1n) is 31.3. The first-order chi connectivity index (χ1) is 44.2. The molecule has 3 fully saturated rings. The molecule has 3 N–H and O–H groups in total. The highest BCUT2D eigenvalue weighted by atomic mass is 35.5. The molecule has 6 amide bonds. The van der Waals surface area contributed by atoms with Gasteiger partial charge in [-0.25, -0.2) is 19.8 Å². The lowest BCUT2D eigenvalue weighted by molar-refractivity contribution is -0.198. The Morgan fingerprint density at radius 1 is 0.925 bits per heavy atom. The maximum Gasteiger partial charge on any atom is 0.409 e. The highest BCUT2D eigenvalue weighted by Gasteiger charge is 2.64. The molecule has 93 heavy (non-hydrogen) atoms. The number of hydroxylamine groups is 2. The van der Waals surface area contributed by atoms with Crippen molar-refractivity contribution in [1.29, 1.82) is 0 Å². The average Bonchev–Trinajstić information content (AvgIpc) is 1.58. The predicted molar refractivity (Wildman–Crippen MR) is 347 cm³/mol. The number of aliphatic hydroxyl groups is 1. The van der Waals surface area contributed by atoms with Crippen molar-refractivity contribution in [2.24, 2.45) is 11.0 Å². The van der Waals surface area contributed by atoms with E-state index in [1.54, 1.807) is 40.0 Å². The van der Waals surface area contributed by atoms with Gasteiger partial charge in [-0.2, -0.15) is 5.10 Å². The predicted octanol–water partition coefficient (Wildman–Crippen LogP) is 7.05. The Morgan fingerprint density at radius 3 is 2.27 bits per heavy atom. The number of epoxide rings is 1.